The summed E-state index contributed by atoms with van der Waals surface area (Å²) in [7, 11) is 0. The van der Waals surface area contributed by atoms with Crippen molar-refractivity contribution in [1.29, 1.82) is 0 Å². The second kappa shape index (κ2) is 12.4. The van der Waals surface area contributed by atoms with Crippen molar-refractivity contribution in [3.8, 4) is 11.5 Å². The van der Waals surface area contributed by atoms with E-state index in [1.807, 2.05) is 66.7 Å². The van der Waals surface area contributed by atoms with Gasteiger partial charge in [-0.2, -0.15) is 0 Å². The fraction of sp³-hybridized carbons (Fsp3) is 0.179. The van der Waals surface area contributed by atoms with Crippen molar-refractivity contribution in [2.45, 2.75) is 19.4 Å². The van der Waals surface area contributed by atoms with Crippen LogP contribution in [0.3, 0.4) is 0 Å². The number of nitrogens with zero attached hydrogens (tertiary/aromatic N) is 1. The van der Waals surface area contributed by atoms with Crippen molar-refractivity contribution < 1.29 is 24.2 Å². The first kappa shape index (κ1) is 25.5. The number of benzene rings is 3. The molecular formula is C28H25NO5S2. The molecule has 0 atom stereocenters. The van der Waals surface area contributed by atoms with Crippen molar-refractivity contribution in [2.24, 2.45) is 0 Å². The van der Waals surface area contributed by atoms with Crippen molar-refractivity contribution in [2.75, 3.05) is 13.2 Å². The van der Waals surface area contributed by atoms with Crippen molar-refractivity contribution >= 4 is 46.3 Å². The molecule has 0 aromatic heterocycles. The van der Waals surface area contributed by atoms with E-state index in [9.17, 15) is 9.59 Å². The lowest BCUT2D eigenvalue weighted by molar-refractivity contribution is -0.140. The van der Waals surface area contributed by atoms with Gasteiger partial charge in [0.05, 0.1) is 11.5 Å². The molecule has 6 nitrogen and oxygen atoms in total. The SMILES string of the molecule is O=C(O)CN1C(=O)/C(=C/c2ccc(OCCCc3ccccc3)c(OCc3ccccc3)c2)SC1=S. The highest BCUT2D eigenvalue weighted by Crippen LogP contribution is 2.35. The van der Waals surface area contributed by atoms with E-state index in [0.29, 0.717) is 29.6 Å². The molecule has 4 rings (SSSR count). The van der Waals surface area contributed by atoms with Gasteiger partial charge in [0.15, 0.2) is 11.5 Å². The van der Waals surface area contributed by atoms with Gasteiger partial charge in [0.2, 0.25) is 0 Å². The van der Waals surface area contributed by atoms with E-state index in [4.69, 9.17) is 26.8 Å². The molecular weight excluding hydrogens is 494 g/mol. The third kappa shape index (κ3) is 6.96. The predicted octanol–water partition coefficient (Wildman–Crippen LogP) is 5.56. The summed E-state index contributed by atoms with van der Waals surface area (Å²) in [5, 5.41) is 9.05. The van der Waals surface area contributed by atoms with E-state index >= 15 is 0 Å². The molecule has 1 heterocycles. The Morgan fingerprint density at radius 1 is 0.944 bits per heavy atom. The highest BCUT2D eigenvalue weighted by molar-refractivity contribution is 8.26. The third-order valence-corrected chi connectivity index (χ3v) is 6.76. The van der Waals surface area contributed by atoms with E-state index in [1.54, 1.807) is 6.08 Å². The Kier molecular flexibility index (Phi) is 8.76. The first-order valence-electron chi connectivity index (χ1n) is 11.4. The average Bonchev–Trinajstić information content (AvgIpc) is 3.14. The number of aryl methyl sites for hydroxylation is 1. The zero-order valence-corrected chi connectivity index (χ0v) is 21.1. The first-order valence-corrected chi connectivity index (χ1v) is 12.7. The van der Waals surface area contributed by atoms with Crippen LogP contribution in [-0.2, 0) is 22.6 Å². The quantitative estimate of drug-likeness (QED) is 0.202. The molecule has 1 aliphatic heterocycles. The molecule has 1 N–H and O–H groups in total. The summed E-state index contributed by atoms with van der Waals surface area (Å²) < 4.78 is 12.4. The summed E-state index contributed by atoms with van der Waals surface area (Å²) in [5.74, 6) is -0.346. The van der Waals surface area contributed by atoms with Crippen LogP contribution in [0.1, 0.15) is 23.1 Å². The lowest BCUT2D eigenvalue weighted by Crippen LogP contribution is -2.33. The standard InChI is InChI=1S/C28H25NO5S2/c30-26(31)18-29-27(32)25(36-28(29)35)17-22-13-14-23(33-15-7-12-20-8-3-1-4-9-20)24(16-22)34-19-21-10-5-2-6-11-21/h1-6,8-11,13-14,16-17H,7,12,15,18-19H2,(H,30,31)/b25-17-. The minimum atomic E-state index is -1.11. The highest BCUT2D eigenvalue weighted by atomic mass is 32.2. The molecule has 184 valence electrons. The highest BCUT2D eigenvalue weighted by Gasteiger charge is 2.33. The van der Waals surface area contributed by atoms with Gasteiger partial charge in [-0.1, -0.05) is 90.7 Å². The Morgan fingerprint density at radius 2 is 1.64 bits per heavy atom. The van der Waals surface area contributed by atoms with Crippen LogP contribution in [0.5, 0.6) is 11.5 Å². The molecule has 0 bridgehead atoms. The average molecular weight is 520 g/mol. The van der Waals surface area contributed by atoms with Gasteiger partial charge in [0.25, 0.3) is 5.91 Å². The van der Waals surface area contributed by atoms with Crippen LogP contribution in [0.25, 0.3) is 6.08 Å². The second-order valence-electron chi connectivity index (χ2n) is 8.08. The zero-order chi connectivity index (χ0) is 25.3. The summed E-state index contributed by atoms with van der Waals surface area (Å²) in [6.07, 6.45) is 3.46. The van der Waals surface area contributed by atoms with Gasteiger partial charge < -0.3 is 14.6 Å². The van der Waals surface area contributed by atoms with Gasteiger partial charge in [0.1, 0.15) is 17.5 Å². The van der Waals surface area contributed by atoms with E-state index in [0.717, 1.165) is 40.6 Å². The van der Waals surface area contributed by atoms with E-state index in [2.05, 4.69) is 12.1 Å². The Bertz CT molecular complexity index is 1260. The topological polar surface area (TPSA) is 76.1 Å². The number of hydrogen-bond acceptors (Lipinski definition) is 6. The van der Waals surface area contributed by atoms with Crippen molar-refractivity contribution in [1.82, 2.24) is 4.90 Å². The molecule has 0 aliphatic carbocycles. The molecule has 0 radical (unpaired) electrons. The number of hydrogen-bond donors (Lipinski definition) is 1. The monoisotopic (exact) mass is 519 g/mol. The Labute approximate surface area is 219 Å². The summed E-state index contributed by atoms with van der Waals surface area (Å²) >= 11 is 6.27. The minimum Gasteiger partial charge on any atom is -0.490 e. The number of thioether (sulfide) groups is 1. The Balaban J connectivity index is 1.49. The summed E-state index contributed by atoms with van der Waals surface area (Å²) in [4.78, 5) is 25.2. The molecule has 1 amide bonds. The van der Waals surface area contributed by atoms with Crippen molar-refractivity contribution in [3.05, 3.63) is 100 Å². The van der Waals surface area contributed by atoms with Crippen LogP contribution in [0.4, 0.5) is 0 Å². The molecule has 0 unspecified atom stereocenters. The number of rotatable bonds is 11. The maximum Gasteiger partial charge on any atom is 0.323 e. The van der Waals surface area contributed by atoms with Crippen LogP contribution < -0.4 is 9.47 Å². The number of thiocarbonyl (C=S) groups is 1. The van der Waals surface area contributed by atoms with Crippen LogP contribution in [-0.4, -0.2) is 39.4 Å². The summed E-state index contributed by atoms with van der Waals surface area (Å²) in [6.45, 7) is 0.443. The molecule has 8 heteroatoms. The van der Waals surface area contributed by atoms with E-state index < -0.39 is 18.4 Å². The van der Waals surface area contributed by atoms with Gasteiger partial charge in [-0.15, -0.1) is 0 Å². The minimum absolute atomic E-state index is 0.229. The van der Waals surface area contributed by atoms with Gasteiger partial charge in [-0.3, -0.25) is 14.5 Å². The smallest absolute Gasteiger partial charge is 0.323 e. The van der Waals surface area contributed by atoms with Gasteiger partial charge in [-0.25, -0.2) is 0 Å². The molecule has 3 aromatic carbocycles. The molecule has 0 saturated carbocycles. The van der Waals surface area contributed by atoms with Gasteiger partial charge in [0, 0.05) is 0 Å². The predicted molar refractivity (Wildman–Crippen MR) is 145 cm³/mol. The number of carboxylic acids is 1. The lowest BCUT2D eigenvalue weighted by atomic mass is 10.1. The molecule has 3 aromatic rings. The third-order valence-electron chi connectivity index (χ3n) is 5.38. The van der Waals surface area contributed by atoms with Crippen LogP contribution in [0.2, 0.25) is 0 Å². The summed E-state index contributed by atoms with van der Waals surface area (Å²) in [5.41, 5.74) is 3.01. The number of carboxylic acid groups (broad SMARTS) is 1. The lowest BCUT2D eigenvalue weighted by Gasteiger charge is -2.14. The van der Waals surface area contributed by atoms with Crippen LogP contribution in [0.15, 0.2) is 83.8 Å². The molecule has 0 spiro atoms. The number of carbonyl (C=O) groups is 2. The normalized spacial score (nSPS) is 14.3. The van der Waals surface area contributed by atoms with Gasteiger partial charge >= 0.3 is 5.97 Å². The number of aliphatic carboxylic acids is 1. The number of carbonyl (C=O) groups excluding carboxylic acids is 1. The number of ether oxygens (including phenoxy) is 2. The fourth-order valence-corrected chi connectivity index (χ4v) is 4.86. The first-order chi connectivity index (χ1) is 17.5. The van der Waals surface area contributed by atoms with Crippen molar-refractivity contribution in [3.63, 3.8) is 0 Å². The largest absolute Gasteiger partial charge is 0.490 e. The van der Waals surface area contributed by atoms with Crippen LogP contribution in [0, 0.1) is 0 Å². The molecule has 36 heavy (non-hydrogen) atoms. The maximum absolute atomic E-state index is 12.6. The maximum atomic E-state index is 12.6. The molecule has 1 aliphatic rings. The van der Waals surface area contributed by atoms with Crippen LogP contribution >= 0.6 is 24.0 Å². The van der Waals surface area contributed by atoms with E-state index in [1.165, 1.54) is 5.56 Å². The Morgan fingerprint density at radius 3 is 2.33 bits per heavy atom. The Hall–Kier alpha value is -3.62. The van der Waals surface area contributed by atoms with Gasteiger partial charge in [-0.05, 0) is 47.7 Å². The zero-order valence-electron chi connectivity index (χ0n) is 19.5. The molecule has 1 saturated heterocycles. The fourth-order valence-electron chi connectivity index (χ4n) is 3.61. The van der Waals surface area contributed by atoms with E-state index in [-0.39, 0.29) is 4.32 Å². The second-order valence-corrected chi connectivity index (χ2v) is 9.76. The number of amides is 1. The molecule has 1 fully saturated rings. The summed E-state index contributed by atoms with van der Waals surface area (Å²) in [6, 6.07) is 25.6.